The van der Waals surface area contributed by atoms with Gasteiger partial charge in [-0.15, -0.1) is 0 Å². The Morgan fingerprint density at radius 2 is 1.00 bits per heavy atom. The zero-order valence-corrected chi connectivity index (χ0v) is 23.4. The van der Waals surface area contributed by atoms with Crippen molar-refractivity contribution in [1.29, 1.82) is 0 Å². The van der Waals surface area contributed by atoms with E-state index in [2.05, 4.69) is 76.2 Å². The summed E-state index contributed by atoms with van der Waals surface area (Å²) in [5.41, 5.74) is 0. The second-order valence-corrected chi connectivity index (χ2v) is 10.0. The normalized spacial score (nSPS) is 16.2. The van der Waals surface area contributed by atoms with Gasteiger partial charge in [0, 0.05) is 0 Å². The fraction of sp³-hybridized carbons (Fsp3) is 1.00. The molecule has 0 aliphatic heterocycles. The van der Waals surface area contributed by atoms with E-state index in [0.717, 1.165) is 41.4 Å². The van der Waals surface area contributed by atoms with E-state index in [0.29, 0.717) is 0 Å². The van der Waals surface area contributed by atoms with E-state index in [1.54, 1.807) is 0 Å². The third kappa shape index (κ3) is 17.4. The fourth-order valence-corrected chi connectivity index (χ4v) is 4.73. The third-order valence-electron chi connectivity index (χ3n) is 7.31. The van der Waals surface area contributed by atoms with Gasteiger partial charge in [-0.3, -0.25) is 0 Å². The molecule has 0 saturated carbocycles. The van der Waals surface area contributed by atoms with Gasteiger partial charge in [-0.25, -0.2) is 0 Å². The Hall–Kier alpha value is 0. The SMILES string of the molecule is CC.CCCC(C)C(CC)CC(C(C)CC)C(C)C(C)C.CCCC(C)CCC. The van der Waals surface area contributed by atoms with E-state index in [9.17, 15) is 0 Å². The number of hydrogen-bond donors (Lipinski definition) is 0. The van der Waals surface area contributed by atoms with Crippen LogP contribution in [0.25, 0.3) is 0 Å². The molecule has 180 valence electrons. The molecule has 0 radical (unpaired) electrons. The van der Waals surface area contributed by atoms with Crippen LogP contribution in [0.5, 0.6) is 0 Å². The van der Waals surface area contributed by atoms with Crippen LogP contribution in [-0.2, 0) is 0 Å². The lowest BCUT2D eigenvalue weighted by Crippen LogP contribution is -2.27. The van der Waals surface area contributed by atoms with Crippen molar-refractivity contribution >= 4 is 0 Å². The van der Waals surface area contributed by atoms with Gasteiger partial charge >= 0.3 is 0 Å². The van der Waals surface area contributed by atoms with E-state index < -0.39 is 0 Å². The summed E-state index contributed by atoms with van der Waals surface area (Å²) in [6.45, 7) is 30.2. The van der Waals surface area contributed by atoms with Crippen molar-refractivity contribution in [3.63, 3.8) is 0 Å². The Balaban J connectivity index is -0.000000564. The molecule has 0 fully saturated rings. The highest BCUT2D eigenvalue weighted by Gasteiger charge is 2.28. The van der Waals surface area contributed by atoms with Crippen LogP contribution in [0.1, 0.15) is 148 Å². The van der Waals surface area contributed by atoms with Gasteiger partial charge in [0.15, 0.2) is 0 Å². The third-order valence-corrected chi connectivity index (χ3v) is 7.31. The summed E-state index contributed by atoms with van der Waals surface area (Å²) in [4.78, 5) is 0. The first-order chi connectivity index (χ1) is 13.7. The van der Waals surface area contributed by atoms with Gasteiger partial charge < -0.3 is 0 Å². The molecule has 0 nitrogen and oxygen atoms in total. The highest BCUT2D eigenvalue weighted by molar-refractivity contribution is 4.78. The van der Waals surface area contributed by atoms with E-state index in [-0.39, 0.29) is 0 Å². The van der Waals surface area contributed by atoms with Crippen molar-refractivity contribution in [3.05, 3.63) is 0 Å². The number of rotatable bonds is 14. The molecule has 0 heterocycles. The zero-order valence-electron chi connectivity index (χ0n) is 23.4. The van der Waals surface area contributed by atoms with Crippen molar-refractivity contribution < 1.29 is 0 Å². The standard InChI is InChI=1S/C19H40.C8H18.C2H6/c1-9-12-16(7)18(11-3)13-19(15(6)10-2)17(8)14(4)5;1-4-6-8(3)7-5-2;1-2/h14-19H,9-13H2,1-8H3;8H,4-7H2,1-3H3;1-2H3. The molecule has 5 unspecified atom stereocenters. The fourth-order valence-electron chi connectivity index (χ4n) is 4.73. The molecule has 5 atom stereocenters. The van der Waals surface area contributed by atoms with Gasteiger partial charge in [0.25, 0.3) is 0 Å². The second-order valence-electron chi connectivity index (χ2n) is 10.0. The van der Waals surface area contributed by atoms with Gasteiger partial charge in [0.2, 0.25) is 0 Å². The molecule has 0 amide bonds. The van der Waals surface area contributed by atoms with Crippen LogP contribution < -0.4 is 0 Å². The average molecular weight is 413 g/mol. The quantitative estimate of drug-likeness (QED) is 0.266. The van der Waals surface area contributed by atoms with Crippen molar-refractivity contribution in [2.75, 3.05) is 0 Å². The lowest BCUT2D eigenvalue weighted by molar-refractivity contribution is 0.138. The maximum absolute atomic E-state index is 2.48. The molecule has 29 heavy (non-hydrogen) atoms. The second kappa shape index (κ2) is 22.7. The minimum atomic E-state index is 0.818. The van der Waals surface area contributed by atoms with Gasteiger partial charge in [-0.1, -0.05) is 141 Å². The zero-order chi connectivity index (χ0) is 23.4. The first-order valence-electron chi connectivity index (χ1n) is 13.7. The van der Waals surface area contributed by atoms with Crippen molar-refractivity contribution in [2.45, 2.75) is 148 Å². The van der Waals surface area contributed by atoms with Crippen LogP contribution >= 0.6 is 0 Å². The summed E-state index contributed by atoms with van der Waals surface area (Å²) in [6, 6.07) is 0. The maximum Gasteiger partial charge on any atom is -0.0358 e. The summed E-state index contributed by atoms with van der Waals surface area (Å²) >= 11 is 0. The minimum Gasteiger partial charge on any atom is -0.0683 e. The summed E-state index contributed by atoms with van der Waals surface area (Å²) in [5.74, 6) is 6.26. The number of hydrogen-bond acceptors (Lipinski definition) is 0. The molecule has 0 aromatic rings. The highest BCUT2D eigenvalue weighted by Crippen LogP contribution is 2.37. The lowest BCUT2D eigenvalue weighted by atomic mass is 9.70. The van der Waals surface area contributed by atoms with Gasteiger partial charge in [0.05, 0.1) is 0 Å². The average Bonchev–Trinajstić information content (AvgIpc) is 2.70. The lowest BCUT2D eigenvalue weighted by Gasteiger charge is -2.36. The molecule has 0 aromatic carbocycles. The highest BCUT2D eigenvalue weighted by atomic mass is 14.3. The first kappa shape index (κ1) is 33.6. The summed E-state index contributed by atoms with van der Waals surface area (Å²) in [6.07, 6.45) is 12.4. The summed E-state index contributed by atoms with van der Waals surface area (Å²) in [5, 5.41) is 0. The van der Waals surface area contributed by atoms with Gasteiger partial charge in [-0.05, 0) is 47.8 Å². The molecule has 0 heteroatoms. The maximum atomic E-state index is 2.48. The molecule has 0 aliphatic rings. The van der Waals surface area contributed by atoms with E-state index in [1.807, 2.05) is 13.8 Å². The predicted octanol–water partition coefficient (Wildman–Crippen LogP) is 11.0. The van der Waals surface area contributed by atoms with E-state index >= 15 is 0 Å². The Morgan fingerprint density at radius 3 is 1.31 bits per heavy atom. The summed E-state index contributed by atoms with van der Waals surface area (Å²) in [7, 11) is 0. The van der Waals surface area contributed by atoms with Crippen LogP contribution in [0, 0.1) is 41.4 Å². The smallest absolute Gasteiger partial charge is 0.0358 e. The van der Waals surface area contributed by atoms with E-state index in [1.165, 1.54) is 57.8 Å². The molecule has 0 rings (SSSR count). The molecule has 0 spiro atoms. The Morgan fingerprint density at radius 1 is 0.552 bits per heavy atom. The van der Waals surface area contributed by atoms with Crippen molar-refractivity contribution in [2.24, 2.45) is 41.4 Å². The Kier molecular flexibility index (Phi) is 26.3. The van der Waals surface area contributed by atoms with Crippen molar-refractivity contribution in [1.82, 2.24) is 0 Å². The van der Waals surface area contributed by atoms with Crippen LogP contribution in [0.3, 0.4) is 0 Å². The molecule has 0 saturated heterocycles. The summed E-state index contributed by atoms with van der Waals surface area (Å²) < 4.78 is 0. The predicted molar refractivity (Wildman–Crippen MR) is 140 cm³/mol. The van der Waals surface area contributed by atoms with Crippen LogP contribution in [-0.4, -0.2) is 0 Å². The molecule has 0 aliphatic carbocycles. The van der Waals surface area contributed by atoms with Crippen LogP contribution in [0.15, 0.2) is 0 Å². The van der Waals surface area contributed by atoms with Gasteiger partial charge in [-0.2, -0.15) is 0 Å². The Bertz CT molecular complexity index is 286. The van der Waals surface area contributed by atoms with E-state index in [4.69, 9.17) is 0 Å². The largest absolute Gasteiger partial charge is 0.0683 e. The topological polar surface area (TPSA) is 0 Å². The van der Waals surface area contributed by atoms with Gasteiger partial charge in [0.1, 0.15) is 0 Å². The monoisotopic (exact) mass is 413 g/mol. The molecule has 0 bridgehead atoms. The minimum absolute atomic E-state index is 0.818. The molecule has 0 aromatic heterocycles. The van der Waals surface area contributed by atoms with Crippen molar-refractivity contribution in [3.8, 4) is 0 Å². The molecule has 0 N–H and O–H groups in total. The van der Waals surface area contributed by atoms with Crippen LogP contribution in [0.4, 0.5) is 0 Å². The molecular formula is C29H64. The first-order valence-corrected chi connectivity index (χ1v) is 13.7. The molecular weight excluding hydrogens is 348 g/mol. The Labute approximate surface area is 189 Å². The van der Waals surface area contributed by atoms with Crippen LogP contribution in [0.2, 0.25) is 0 Å².